The molecule has 0 N–H and O–H groups in total. The van der Waals surface area contributed by atoms with Crippen LogP contribution in [0.2, 0.25) is 0 Å². The Morgan fingerprint density at radius 1 is 1.29 bits per heavy atom. The zero-order chi connectivity index (χ0) is 13.1. The predicted octanol–water partition coefficient (Wildman–Crippen LogP) is 3.47. The Kier molecular flexibility index (Phi) is 4.44. The van der Waals surface area contributed by atoms with Gasteiger partial charge in [0.05, 0.1) is 0 Å². The summed E-state index contributed by atoms with van der Waals surface area (Å²) in [5, 5.41) is 0. The first-order chi connectivity index (χ1) is 7.82. The fraction of sp³-hybridized carbons (Fsp3) is 0.600. The number of Topliss-reactive ketones (excluding diaryl/α,β-unsaturated/α-hetero) is 1. The second-order valence-corrected chi connectivity index (χ2v) is 5.60. The molecular weight excluding hydrogens is 212 g/mol. The van der Waals surface area contributed by atoms with E-state index >= 15 is 0 Å². The van der Waals surface area contributed by atoms with Gasteiger partial charge in [0.1, 0.15) is 0 Å². The molecule has 0 radical (unpaired) electrons. The van der Waals surface area contributed by atoms with Gasteiger partial charge in [0.15, 0.2) is 11.6 Å². The first-order valence-corrected chi connectivity index (χ1v) is 6.27. The Morgan fingerprint density at radius 2 is 1.94 bits per heavy atom. The van der Waals surface area contributed by atoms with E-state index in [2.05, 4.69) is 0 Å². The number of allylic oxidation sites excluding steroid dienone is 4. The van der Waals surface area contributed by atoms with Gasteiger partial charge in [0, 0.05) is 17.8 Å². The minimum Gasteiger partial charge on any atom is -0.295 e. The molecule has 0 spiro atoms. The van der Waals surface area contributed by atoms with E-state index in [9.17, 15) is 9.59 Å². The molecule has 0 unspecified atom stereocenters. The largest absolute Gasteiger partial charge is 0.295 e. The van der Waals surface area contributed by atoms with Gasteiger partial charge in [-0.05, 0) is 31.4 Å². The van der Waals surface area contributed by atoms with E-state index < -0.39 is 0 Å². The SMILES string of the molecule is CC1=CC(C)(C)C=CC(=O)[C@@H](C)CCCC1=O. The third kappa shape index (κ3) is 4.29. The van der Waals surface area contributed by atoms with Crippen molar-refractivity contribution in [1.82, 2.24) is 0 Å². The van der Waals surface area contributed by atoms with Crippen LogP contribution in [0.25, 0.3) is 0 Å². The summed E-state index contributed by atoms with van der Waals surface area (Å²) in [7, 11) is 0. The normalized spacial score (nSPS) is 26.4. The molecule has 0 amide bonds. The number of ketones is 2. The lowest BCUT2D eigenvalue weighted by atomic mass is 9.89. The van der Waals surface area contributed by atoms with Gasteiger partial charge < -0.3 is 0 Å². The van der Waals surface area contributed by atoms with Gasteiger partial charge in [-0.15, -0.1) is 0 Å². The molecule has 2 heteroatoms. The second-order valence-electron chi connectivity index (χ2n) is 5.60. The van der Waals surface area contributed by atoms with Gasteiger partial charge in [-0.1, -0.05) is 32.9 Å². The second kappa shape index (κ2) is 5.44. The number of hydrogen-bond donors (Lipinski definition) is 0. The highest BCUT2D eigenvalue weighted by atomic mass is 16.1. The quantitative estimate of drug-likeness (QED) is 0.643. The Hall–Kier alpha value is -1.18. The predicted molar refractivity (Wildman–Crippen MR) is 69.7 cm³/mol. The van der Waals surface area contributed by atoms with E-state index in [-0.39, 0.29) is 22.9 Å². The molecule has 0 aromatic heterocycles. The van der Waals surface area contributed by atoms with Crippen molar-refractivity contribution in [2.75, 3.05) is 0 Å². The average Bonchev–Trinajstić information content (AvgIpc) is 2.24. The van der Waals surface area contributed by atoms with Crippen LogP contribution in [0, 0.1) is 11.3 Å². The minimum absolute atomic E-state index is 0.0215. The minimum atomic E-state index is -0.237. The van der Waals surface area contributed by atoms with E-state index in [4.69, 9.17) is 0 Å². The lowest BCUT2D eigenvalue weighted by Gasteiger charge is -2.16. The number of carbonyl (C=O) groups excluding carboxylic acids is 2. The smallest absolute Gasteiger partial charge is 0.158 e. The maximum Gasteiger partial charge on any atom is 0.158 e. The zero-order valence-corrected chi connectivity index (χ0v) is 11.2. The molecule has 1 aliphatic carbocycles. The number of carbonyl (C=O) groups is 2. The highest BCUT2D eigenvalue weighted by Crippen LogP contribution is 2.24. The van der Waals surface area contributed by atoms with Crippen molar-refractivity contribution in [3.63, 3.8) is 0 Å². The molecule has 0 aliphatic heterocycles. The van der Waals surface area contributed by atoms with E-state index in [1.165, 1.54) is 0 Å². The van der Waals surface area contributed by atoms with E-state index in [1.807, 2.05) is 39.8 Å². The fourth-order valence-corrected chi connectivity index (χ4v) is 2.06. The molecule has 0 saturated heterocycles. The van der Waals surface area contributed by atoms with Crippen molar-refractivity contribution in [2.45, 2.75) is 47.0 Å². The first-order valence-electron chi connectivity index (χ1n) is 6.27. The van der Waals surface area contributed by atoms with Crippen LogP contribution >= 0.6 is 0 Å². The van der Waals surface area contributed by atoms with Crippen molar-refractivity contribution in [2.24, 2.45) is 11.3 Å². The zero-order valence-electron chi connectivity index (χ0n) is 11.2. The van der Waals surface area contributed by atoms with Crippen LogP contribution in [0.1, 0.15) is 47.0 Å². The maximum absolute atomic E-state index is 11.8. The topological polar surface area (TPSA) is 34.1 Å². The Labute approximate surface area is 104 Å². The molecule has 1 rings (SSSR count). The summed E-state index contributed by atoms with van der Waals surface area (Å²) >= 11 is 0. The summed E-state index contributed by atoms with van der Waals surface area (Å²) < 4.78 is 0. The monoisotopic (exact) mass is 234 g/mol. The molecular formula is C15H22O2. The molecule has 1 aliphatic rings. The summed E-state index contributed by atoms with van der Waals surface area (Å²) in [6.07, 6.45) is 7.66. The van der Waals surface area contributed by atoms with E-state index in [0.29, 0.717) is 6.42 Å². The van der Waals surface area contributed by atoms with Gasteiger partial charge in [0.25, 0.3) is 0 Å². The molecule has 17 heavy (non-hydrogen) atoms. The summed E-state index contributed by atoms with van der Waals surface area (Å²) in [6.45, 7) is 7.82. The maximum atomic E-state index is 11.8. The van der Waals surface area contributed by atoms with Crippen LogP contribution in [0.3, 0.4) is 0 Å². The lowest BCUT2D eigenvalue weighted by Crippen LogP contribution is -2.09. The molecule has 0 heterocycles. The van der Waals surface area contributed by atoms with Crippen molar-refractivity contribution in [1.29, 1.82) is 0 Å². The average molecular weight is 234 g/mol. The standard InChI is InChI=1S/C15H22O2/c1-11-6-5-7-13(16)12(2)10-15(3,4)9-8-14(11)17/h8-11H,5-7H2,1-4H3/t11-/m0/s1. The summed E-state index contributed by atoms with van der Waals surface area (Å²) in [5.74, 6) is 0.389. The fourth-order valence-electron chi connectivity index (χ4n) is 2.06. The Balaban J connectivity index is 3.00. The molecule has 2 nitrogen and oxygen atoms in total. The molecule has 0 aromatic rings. The van der Waals surface area contributed by atoms with E-state index in [1.54, 1.807) is 6.08 Å². The Morgan fingerprint density at radius 3 is 2.59 bits per heavy atom. The van der Waals surface area contributed by atoms with Gasteiger partial charge in [-0.3, -0.25) is 9.59 Å². The summed E-state index contributed by atoms with van der Waals surface area (Å²) in [5.41, 5.74) is 0.570. The van der Waals surface area contributed by atoms with Gasteiger partial charge in [-0.2, -0.15) is 0 Å². The lowest BCUT2D eigenvalue weighted by molar-refractivity contribution is -0.119. The molecule has 0 bridgehead atoms. The van der Waals surface area contributed by atoms with Crippen molar-refractivity contribution < 1.29 is 9.59 Å². The first kappa shape index (κ1) is 13.9. The van der Waals surface area contributed by atoms with Gasteiger partial charge in [0.2, 0.25) is 0 Å². The van der Waals surface area contributed by atoms with Crippen LogP contribution in [-0.2, 0) is 9.59 Å². The van der Waals surface area contributed by atoms with Crippen molar-refractivity contribution in [3.05, 3.63) is 23.8 Å². The van der Waals surface area contributed by atoms with E-state index in [0.717, 1.165) is 18.4 Å². The Bertz CT molecular complexity index is 370. The van der Waals surface area contributed by atoms with Crippen LogP contribution in [0.5, 0.6) is 0 Å². The van der Waals surface area contributed by atoms with Crippen LogP contribution in [0.15, 0.2) is 23.8 Å². The molecule has 0 fully saturated rings. The van der Waals surface area contributed by atoms with Crippen LogP contribution in [0.4, 0.5) is 0 Å². The number of rotatable bonds is 0. The summed E-state index contributed by atoms with van der Waals surface area (Å²) in [4.78, 5) is 23.6. The highest BCUT2D eigenvalue weighted by Gasteiger charge is 2.18. The highest BCUT2D eigenvalue weighted by molar-refractivity contribution is 5.95. The third-order valence-electron chi connectivity index (χ3n) is 3.23. The van der Waals surface area contributed by atoms with Gasteiger partial charge >= 0.3 is 0 Å². The van der Waals surface area contributed by atoms with Crippen molar-refractivity contribution in [3.8, 4) is 0 Å². The molecule has 0 aromatic carbocycles. The van der Waals surface area contributed by atoms with Crippen LogP contribution in [-0.4, -0.2) is 11.6 Å². The third-order valence-corrected chi connectivity index (χ3v) is 3.23. The van der Waals surface area contributed by atoms with Crippen LogP contribution < -0.4 is 0 Å². The molecule has 0 saturated carbocycles. The van der Waals surface area contributed by atoms with Crippen molar-refractivity contribution >= 4 is 11.6 Å². The van der Waals surface area contributed by atoms with Gasteiger partial charge in [-0.25, -0.2) is 0 Å². The molecule has 94 valence electrons. The number of hydrogen-bond acceptors (Lipinski definition) is 2. The molecule has 1 atom stereocenters. The summed E-state index contributed by atoms with van der Waals surface area (Å²) in [6, 6.07) is 0.